The number of nitrogens with zero attached hydrogens (tertiary/aromatic N) is 3. The Hall–Kier alpha value is -5.31. The van der Waals surface area contributed by atoms with E-state index in [0.717, 1.165) is 66.0 Å². The topological polar surface area (TPSA) is 83.4 Å². The van der Waals surface area contributed by atoms with Crippen molar-refractivity contribution in [2.45, 2.75) is 38.9 Å². The molecule has 0 aliphatic carbocycles. The molecule has 9 rings (SSSR count). The lowest BCUT2D eigenvalue weighted by atomic mass is 9.79. The molecule has 7 nitrogen and oxygen atoms in total. The van der Waals surface area contributed by atoms with E-state index in [0.29, 0.717) is 17.5 Å². The van der Waals surface area contributed by atoms with Crippen LogP contribution in [0.2, 0.25) is 0 Å². The van der Waals surface area contributed by atoms with Gasteiger partial charge in [0.05, 0.1) is 11.2 Å². The van der Waals surface area contributed by atoms with Gasteiger partial charge in [-0.2, -0.15) is 0 Å². The first-order chi connectivity index (χ1) is 22.7. The lowest BCUT2D eigenvalue weighted by Gasteiger charge is -2.32. The molecular formula is C39H30BN3O4. The third-order valence-electron chi connectivity index (χ3n) is 9.59. The molecule has 0 bridgehead atoms. The van der Waals surface area contributed by atoms with Crippen molar-refractivity contribution in [3.63, 3.8) is 0 Å². The average molecular weight is 615 g/mol. The second kappa shape index (κ2) is 10.1. The fourth-order valence-electron chi connectivity index (χ4n) is 6.27. The second-order valence-corrected chi connectivity index (χ2v) is 13.1. The van der Waals surface area contributed by atoms with Gasteiger partial charge in [0.2, 0.25) is 0 Å². The summed E-state index contributed by atoms with van der Waals surface area (Å²) in [7, 11) is -0.466. The number of rotatable bonds is 4. The quantitative estimate of drug-likeness (QED) is 0.183. The number of hydrogen-bond acceptors (Lipinski definition) is 7. The third kappa shape index (κ3) is 4.55. The molecule has 8 aromatic rings. The van der Waals surface area contributed by atoms with Crippen LogP contribution in [0.1, 0.15) is 27.7 Å². The van der Waals surface area contributed by atoms with E-state index >= 15 is 0 Å². The van der Waals surface area contributed by atoms with Crippen molar-refractivity contribution in [1.82, 2.24) is 15.0 Å². The summed E-state index contributed by atoms with van der Waals surface area (Å²) in [6.45, 7) is 8.23. The van der Waals surface area contributed by atoms with Gasteiger partial charge < -0.3 is 18.1 Å². The zero-order valence-electron chi connectivity index (χ0n) is 26.4. The number of aromatic nitrogens is 3. The van der Waals surface area contributed by atoms with Crippen LogP contribution in [0.5, 0.6) is 0 Å². The predicted molar refractivity (Wildman–Crippen MR) is 186 cm³/mol. The Morgan fingerprint density at radius 3 is 1.53 bits per heavy atom. The molecule has 5 aromatic carbocycles. The summed E-state index contributed by atoms with van der Waals surface area (Å²) in [6, 6.07) is 36.4. The number of furan rings is 2. The Morgan fingerprint density at radius 2 is 0.915 bits per heavy atom. The van der Waals surface area contributed by atoms with Crippen molar-refractivity contribution in [3.05, 3.63) is 109 Å². The van der Waals surface area contributed by atoms with E-state index in [2.05, 4.69) is 58.0 Å². The Morgan fingerprint density at radius 1 is 0.447 bits per heavy atom. The Bertz CT molecular complexity index is 2480. The predicted octanol–water partition coefficient (Wildman–Crippen LogP) is 8.97. The third-order valence-corrected chi connectivity index (χ3v) is 9.59. The highest BCUT2D eigenvalue weighted by Gasteiger charge is 2.51. The van der Waals surface area contributed by atoms with Gasteiger partial charge in [-0.1, -0.05) is 72.8 Å². The van der Waals surface area contributed by atoms with E-state index in [4.69, 9.17) is 33.1 Å². The van der Waals surface area contributed by atoms with Crippen LogP contribution in [0.15, 0.2) is 118 Å². The number of para-hydroxylation sites is 1. The SMILES string of the molecule is CC1(C)OB(c2ccc3c(c2)oc2cc(-c4nc(-c5ccccc5)nc(-c5ccc6c(c5)oc5ccccc56)n4)ccc23)OC1(C)C. The maximum absolute atomic E-state index is 6.43. The summed E-state index contributed by atoms with van der Waals surface area (Å²) < 4.78 is 25.2. The molecule has 1 aliphatic rings. The molecule has 0 radical (unpaired) electrons. The Labute approximate surface area is 271 Å². The molecule has 1 aliphatic heterocycles. The first-order valence-electron chi connectivity index (χ1n) is 15.8. The van der Waals surface area contributed by atoms with Crippen LogP contribution in [0.3, 0.4) is 0 Å². The van der Waals surface area contributed by atoms with E-state index in [1.807, 2.05) is 78.9 Å². The number of hydrogen-bond donors (Lipinski definition) is 0. The van der Waals surface area contributed by atoms with E-state index in [9.17, 15) is 0 Å². The van der Waals surface area contributed by atoms with Gasteiger partial charge in [-0.3, -0.25) is 0 Å². The molecule has 228 valence electrons. The highest BCUT2D eigenvalue weighted by molar-refractivity contribution is 6.62. The highest BCUT2D eigenvalue weighted by Crippen LogP contribution is 2.38. The molecule has 0 N–H and O–H groups in total. The molecule has 0 atom stereocenters. The molecule has 0 unspecified atom stereocenters. The van der Waals surface area contributed by atoms with Crippen molar-refractivity contribution >= 4 is 56.5 Å². The molecule has 0 saturated carbocycles. The fraction of sp³-hybridized carbons (Fsp3) is 0.154. The molecule has 4 heterocycles. The van der Waals surface area contributed by atoms with Gasteiger partial charge in [0.15, 0.2) is 17.5 Å². The summed E-state index contributed by atoms with van der Waals surface area (Å²) in [5, 5.41) is 4.17. The minimum atomic E-state index is -0.466. The Balaban J connectivity index is 1.14. The average Bonchev–Trinajstić information content (AvgIpc) is 3.71. The van der Waals surface area contributed by atoms with Crippen molar-refractivity contribution < 1.29 is 18.1 Å². The van der Waals surface area contributed by atoms with E-state index in [-0.39, 0.29) is 0 Å². The molecule has 1 saturated heterocycles. The second-order valence-electron chi connectivity index (χ2n) is 13.1. The summed E-state index contributed by atoms with van der Waals surface area (Å²) in [5.74, 6) is 1.71. The van der Waals surface area contributed by atoms with Crippen LogP contribution in [-0.4, -0.2) is 33.3 Å². The number of benzene rings is 5. The Kier molecular flexibility index (Phi) is 6.01. The zero-order chi connectivity index (χ0) is 31.9. The van der Waals surface area contributed by atoms with Gasteiger partial charge in [-0.25, -0.2) is 15.0 Å². The summed E-state index contributed by atoms with van der Waals surface area (Å²) in [6.07, 6.45) is 0. The highest BCUT2D eigenvalue weighted by atomic mass is 16.7. The maximum Gasteiger partial charge on any atom is 0.494 e. The van der Waals surface area contributed by atoms with E-state index in [1.165, 1.54) is 0 Å². The van der Waals surface area contributed by atoms with Crippen LogP contribution in [0, 0.1) is 0 Å². The van der Waals surface area contributed by atoms with Crippen molar-refractivity contribution in [2.75, 3.05) is 0 Å². The smallest absolute Gasteiger partial charge is 0.456 e. The summed E-state index contributed by atoms with van der Waals surface area (Å²) in [5.41, 5.74) is 5.81. The molecular weight excluding hydrogens is 585 g/mol. The molecule has 8 heteroatoms. The lowest BCUT2D eigenvalue weighted by molar-refractivity contribution is 0.00578. The number of fused-ring (bicyclic) bond motifs is 6. The summed E-state index contributed by atoms with van der Waals surface area (Å²) >= 11 is 0. The van der Waals surface area contributed by atoms with Gasteiger partial charge in [0.25, 0.3) is 0 Å². The van der Waals surface area contributed by atoms with Gasteiger partial charge in [0.1, 0.15) is 22.3 Å². The maximum atomic E-state index is 6.43. The van der Waals surface area contributed by atoms with Crippen LogP contribution in [-0.2, 0) is 9.31 Å². The zero-order valence-corrected chi connectivity index (χ0v) is 26.4. The van der Waals surface area contributed by atoms with E-state index < -0.39 is 18.3 Å². The lowest BCUT2D eigenvalue weighted by Crippen LogP contribution is -2.41. The minimum Gasteiger partial charge on any atom is -0.456 e. The fourth-order valence-corrected chi connectivity index (χ4v) is 6.27. The molecule has 0 spiro atoms. The molecule has 47 heavy (non-hydrogen) atoms. The van der Waals surface area contributed by atoms with Gasteiger partial charge in [-0.15, -0.1) is 0 Å². The van der Waals surface area contributed by atoms with Gasteiger partial charge in [-0.05, 0) is 69.6 Å². The van der Waals surface area contributed by atoms with Crippen LogP contribution in [0.25, 0.3) is 78.0 Å². The van der Waals surface area contributed by atoms with Gasteiger partial charge in [0, 0.05) is 38.2 Å². The van der Waals surface area contributed by atoms with Crippen LogP contribution >= 0.6 is 0 Å². The largest absolute Gasteiger partial charge is 0.494 e. The monoisotopic (exact) mass is 615 g/mol. The van der Waals surface area contributed by atoms with Crippen molar-refractivity contribution in [3.8, 4) is 34.2 Å². The van der Waals surface area contributed by atoms with Gasteiger partial charge >= 0.3 is 7.12 Å². The summed E-state index contributed by atoms with van der Waals surface area (Å²) in [4.78, 5) is 14.8. The molecule has 3 aromatic heterocycles. The van der Waals surface area contributed by atoms with Crippen molar-refractivity contribution in [1.29, 1.82) is 0 Å². The van der Waals surface area contributed by atoms with Crippen LogP contribution in [0.4, 0.5) is 0 Å². The van der Waals surface area contributed by atoms with E-state index in [1.54, 1.807) is 0 Å². The molecule has 0 amide bonds. The standard InChI is InChI=1S/C39H30BN3O4/c1-38(2)39(3,4)47-40(46-38)26-16-19-30-29-18-15-25(21-33(29)45-34(30)22-26)37-42-35(23-10-6-5-7-11-23)41-36(43-37)24-14-17-28-27-12-8-9-13-31(27)44-32(28)20-24/h5-22H,1-4H3. The van der Waals surface area contributed by atoms with Crippen LogP contribution < -0.4 is 5.46 Å². The molecule has 1 fully saturated rings. The van der Waals surface area contributed by atoms with Crippen molar-refractivity contribution in [2.24, 2.45) is 0 Å². The first-order valence-corrected chi connectivity index (χ1v) is 15.8. The first kappa shape index (κ1) is 28.0. The minimum absolute atomic E-state index is 0.421. The normalized spacial score (nSPS) is 15.8.